The van der Waals surface area contributed by atoms with Gasteiger partial charge in [-0.25, -0.2) is 0 Å². The highest BCUT2D eigenvalue weighted by atomic mass is 16.5. The monoisotopic (exact) mass is 386 g/mol. The molecule has 28 heavy (non-hydrogen) atoms. The minimum absolute atomic E-state index is 0.0447. The molecule has 154 valence electrons. The molecule has 0 unspecified atom stereocenters. The Bertz CT molecular complexity index is 671. The van der Waals surface area contributed by atoms with E-state index in [1.165, 1.54) is 25.7 Å². The molecule has 2 fully saturated rings. The molecule has 3 atom stereocenters. The first kappa shape index (κ1) is 20.7. The fourth-order valence-corrected chi connectivity index (χ4v) is 4.61. The first-order valence-electron chi connectivity index (χ1n) is 10.8. The summed E-state index contributed by atoms with van der Waals surface area (Å²) in [5.74, 6) is 2.07. The van der Waals surface area contributed by atoms with Gasteiger partial charge in [0, 0.05) is 18.7 Å². The van der Waals surface area contributed by atoms with Crippen LogP contribution in [0.4, 0.5) is 0 Å². The highest BCUT2D eigenvalue weighted by Gasteiger charge is 2.36. The van der Waals surface area contributed by atoms with Crippen LogP contribution < -0.4 is 10.1 Å². The van der Waals surface area contributed by atoms with E-state index in [1.54, 1.807) is 24.3 Å². The van der Waals surface area contributed by atoms with Crippen LogP contribution >= 0.6 is 0 Å². The number of hydrogen-bond donors (Lipinski definition) is 1. The predicted octanol–water partition coefficient (Wildman–Crippen LogP) is 3.88. The first-order chi connectivity index (χ1) is 13.5. The molecule has 0 spiro atoms. The number of hydrogen-bond acceptors (Lipinski definition) is 3. The Labute approximate surface area is 168 Å². The number of likely N-dealkylation sites (tertiary alicyclic amines) is 1. The molecule has 1 heterocycles. The molecule has 3 rings (SSSR count). The number of carbonyl (C=O) groups is 2. The lowest BCUT2D eigenvalue weighted by molar-refractivity contribution is -0.137. The summed E-state index contributed by atoms with van der Waals surface area (Å²) in [6.45, 7) is 8.18. The van der Waals surface area contributed by atoms with Crippen molar-refractivity contribution in [2.45, 2.75) is 58.9 Å². The van der Waals surface area contributed by atoms with E-state index in [0.717, 1.165) is 31.2 Å². The van der Waals surface area contributed by atoms with Gasteiger partial charge in [-0.1, -0.05) is 33.1 Å². The molecule has 0 aromatic heterocycles. The van der Waals surface area contributed by atoms with Gasteiger partial charge in [0.1, 0.15) is 11.8 Å². The Morgan fingerprint density at radius 2 is 1.79 bits per heavy atom. The molecular weight excluding hydrogens is 352 g/mol. The highest BCUT2D eigenvalue weighted by Crippen LogP contribution is 2.36. The molecule has 0 radical (unpaired) electrons. The van der Waals surface area contributed by atoms with Gasteiger partial charge in [0.2, 0.25) is 5.91 Å². The van der Waals surface area contributed by atoms with Crippen LogP contribution in [0.25, 0.3) is 0 Å². The zero-order valence-corrected chi connectivity index (χ0v) is 17.4. The molecule has 1 saturated heterocycles. The molecule has 1 aromatic rings. The van der Waals surface area contributed by atoms with Crippen LogP contribution in [0.3, 0.4) is 0 Å². The molecule has 5 heteroatoms. The van der Waals surface area contributed by atoms with Crippen molar-refractivity contribution in [3.05, 3.63) is 29.8 Å². The Kier molecular flexibility index (Phi) is 6.97. The lowest BCUT2D eigenvalue weighted by atomic mass is 9.75. The van der Waals surface area contributed by atoms with Gasteiger partial charge < -0.3 is 15.0 Å². The van der Waals surface area contributed by atoms with Crippen molar-refractivity contribution in [3.8, 4) is 5.75 Å². The van der Waals surface area contributed by atoms with Crippen LogP contribution in [0, 0.1) is 17.8 Å². The van der Waals surface area contributed by atoms with Gasteiger partial charge in [0.25, 0.3) is 5.91 Å². The number of fused-ring (bicyclic) bond motifs is 1. The van der Waals surface area contributed by atoms with Crippen LogP contribution in [0.5, 0.6) is 5.75 Å². The van der Waals surface area contributed by atoms with E-state index in [9.17, 15) is 9.59 Å². The predicted molar refractivity (Wildman–Crippen MR) is 110 cm³/mol. The second-order valence-corrected chi connectivity index (χ2v) is 8.53. The summed E-state index contributed by atoms with van der Waals surface area (Å²) in [5, 5.41) is 2.98. The van der Waals surface area contributed by atoms with E-state index >= 15 is 0 Å². The maximum atomic E-state index is 13.2. The number of carbonyl (C=O) groups excluding carboxylic acids is 2. The summed E-state index contributed by atoms with van der Waals surface area (Å²) in [7, 11) is 0. The minimum atomic E-state index is -0.487. The fourth-order valence-electron chi connectivity index (χ4n) is 4.61. The third-order valence-electron chi connectivity index (χ3n) is 6.25. The van der Waals surface area contributed by atoms with Crippen molar-refractivity contribution in [1.82, 2.24) is 10.2 Å². The van der Waals surface area contributed by atoms with Crippen LogP contribution in [-0.4, -0.2) is 42.5 Å². The van der Waals surface area contributed by atoms with Crippen LogP contribution in [-0.2, 0) is 4.79 Å². The van der Waals surface area contributed by atoms with Gasteiger partial charge >= 0.3 is 0 Å². The first-order valence-corrected chi connectivity index (χ1v) is 10.8. The van der Waals surface area contributed by atoms with Gasteiger partial charge in [-0.05, 0) is 61.8 Å². The van der Waals surface area contributed by atoms with E-state index in [2.05, 4.69) is 5.32 Å². The van der Waals surface area contributed by atoms with Crippen molar-refractivity contribution in [2.75, 3.05) is 19.7 Å². The number of nitrogens with one attached hydrogen (secondary N) is 1. The normalized spacial score (nSPS) is 23.1. The molecule has 1 N–H and O–H groups in total. The standard InChI is InChI=1S/C23H34N2O3/c1-4-28-20-11-9-18(10-12-20)22(26)24-21(16(2)3)23(27)25-14-13-17-7-5-6-8-19(17)15-25/h9-12,16-17,19,21H,4-8,13-15H2,1-3H3,(H,24,26)/t17-,19+,21-/m0/s1. The van der Waals surface area contributed by atoms with Crippen molar-refractivity contribution in [2.24, 2.45) is 17.8 Å². The maximum Gasteiger partial charge on any atom is 0.251 e. The topological polar surface area (TPSA) is 58.6 Å². The van der Waals surface area contributed by atoms with Gasteiger partial charge in [-0.15, -0.1) is 0 Å². The molecule has 1 aliphatic heterocycles. The smallest absolute Gasteiger partial charge is 0.251 e. The summed E-state index contributed by atoms with van der Waals surface area (Å²) >= 11 is 0. The fraction of sp³-hybridized carbons (Fsp3) is 0.652. The molecule has 2 aliphatic rings. The zero-order chi connectivity index (χ0) is 20.1. The van der Waals surface area contributed by atoms with Crippen molar-refractivity contribution in [3.63, 3.8) is 0 Å². The van der Waals surface area contributed by atoms with Crippen LogP contribution in [0.15, 0.2) is 24.3 Å². The molecule has 0 bridgehead atoms. The Morgan fingerprint density at radius 3 is 2.43 bits per heavy atom. The number of ether oxygens (including phenoxy) is 1. The third-order valence-corrected chi connectivity index (χ3v) is 6.25. The minimum Gasteiger partial charge on any atom is -0.494 e. The second-order valence-electron chi connectivity index (χ2n) is 8.53. The van der Waals surface area contributed by atoms with Crippen LogP contribution in [0.2, 0.25) is 0 Å². The second kappa shape index (κ2) is 9.44. The van der Waals surface area contributed by atoms with E-state index in [-0.39, 0.29) is 17.7 Å². The van der Waals surface area contributed by atoms with Gasteiger partial charge in [0.05, 0.1) is 6.61 Å². The number of rotatable bonds is 6. The molecule has 5 nitrogen and oxygen atoms in total. The quantitative estimate of drug-likeness (QED) is 0.807. The van der Waals surface area contributed by atoms with E-state index in [0.29, 0.717) is 18.1 Å². The molecule has 1 aliphatic carbocycles. The lowest BCUT2D eigenvalue weighted by Gasteiger charge is -2.42. The number of amides is 2. The SMILES string of the molecule is CCOc1ccc(C(=O)N[C@H](C(=O)N2CC[C@@H]3CCCC[C@@H]3C2)C(C)C)cc1. The van der Waals surface area contributed by atoms with Crippen molar-refractivity contribution >= 4 is 11.8 Å². The van der Waals surface area contributed by atoms with Crippen molar-refractivity contribution in [1.29, 1.82) is 0 Å². The van der Waals surface area contributed by atoms with E-state index in [1.807, 2.05) is 25.7 Å². The summed E-state index contributed by atoms with van der Waals surface area (Å²) in [6, 6.07) is 6.58. The average Bonchev–Trinajstić information content (AvgIpc) is 2.71. The Balaban J connectivity index is 1.63. The molecule has 2 amide bonds. The average molecular weight is 387 g/mol. The molecular formula is C23H34N2O3. The maximum absolute atomic E-state index is 13.2. The Hall–Kier alpha value is -2.04. The number of nitrogens with zero attached hydrogens (tertiary/aromatic N) is 1. The zero-order valence-electron chi connectivity index (χ0n) is 17.4. The summed E-state index contributed by atoms with van der Waals surface area (Å²) in [6.07, 6.45) is 6.27. The lowest BCUT2D eigenvalue weighted by Crippen LogP contribution is -2.54. The summed E-state index contributed by atoms with van der Waals surface area (Å²) < 4.78 is 5.43. The number of benzene rings is 1. The number of piperidine rings is 1. The molecule has 1 saturated carbocycles. The summed E-state index contributed by atoms with van der Waals surface area (Å²) in [5.41, 5.74) is 0.549. The molecule has 1 aromatic carbocycles. The summed E-state index contributed by atoms with van der Waals surface area (Å²) in [4.78, 5) is 27.9. The van der Waals surface area contributed by atoms with E-state index in [4.69, 9.17) is 4.74 Å². The highest BCUT2D eigenvalue weighted by molar-refractivity contribution is 5.97. The third kappa shape index (κ3) is 4.86. The van der Waals surface area contributed by atoms with Crippen LogP contribution in [0.1, 0.15) is 63.2 Å². The largest absolute Gasteiger partial charge is 0.494 e. The van der Waals surface area contributed by atoms with Gasteiger partial charge in [-0.2, -0.15) is 0 Å². The Morgan fingerprint density at radius 1 is 1.11 bits per heavy atom. The van der Waals surface area contributed by atoms with E-state index < -0.39 is 6.04 Å². The van der Waals surface area contributed by atoms with Gasteiger partial charge in [-0.3, -0.25) is 9.59 Å². The van der Waals surface area contributed by atoms with Gasteiger partial charge in [0.15, 0.2) is 0 Å². The van der Waals surface area contributed by atoms with Crippen molar-refractivity contribution < 1.29 is 14.3 Å².